The molecule has 2 N–H and O–H groups in total. The fraction of sp³-hybridized carbons (Fsp3) is 0.294. The second kappa shape index (κ2) is 11.1. The second-order valence-electron chi connectivity index (χ2n) is 11.9. The molecule has 1 atom stereocenters. The van der Waals surface area contributed by atoms with Gasteiger partial charge in [0.15, 0.2) is 5.78 Å². The van der Waals surface area contributed by atoms with Crippen LogP contribution >= 0.6 is 23.2 Å². The predicted molar refractivity (Wildman–Crippen MR) is 165 cm³/mol. The Morgan fingerprint density at radius 2 is 1.83 bits per heavy atom. The van der Waals surface area contributed by atoms with Gasteiger partial charge in [0, 0.05) is 28.4 Å². The van der Waals surface area contributed by atoms with E-state index in [1.165, 1.54) is 12.1 Å². The first-order chi connectivity index (χ1) is 19.8. The number of anilines is 1. The van der Waals surface area contributed by atoms with E-state index in [-0.39, 0.29) is 27.6 Å². The molecule has 8 heteroatoms. The van der Waals surface area contributed by atoms with Gasteiger partial charge in [-0.3, -0.25) is 9.69 Å². The normalized spacial score (nSPS) is 18.2. The van der Waals surface area contributed by atoms with E-state index in [4.69, 9.17) is 33.7 Å². The summed E-state index contributed by atoms with van der Waals surface area (Å²) in [7, 11) is 0. The number of hydrogen-bond acceptors (Lipinski definition) is 5. The molecule has 216 valence electrons. The Kier molecular flexibility index (Phi) is 7.87. The summed E-state index contributed by atoms with van der Waals surface area (Å²) in [6.07, 6.45) is 0.866. The summed E-state index contributed by atoms with van der Waals surface area (Å²) < 4.78 is 20.3. The van der Waals surface area contributed by atoms with Crippen LogP contribution < -0.4 is 15.4 Å². The molecule has 0 spiro atoms. The number of carbonyl (C=O) groups excluding carboxylic acids is 1. The van der Waals surface area contributed by atoms with Crippen LogP contribution in [0.4, 0.5) is 10.1 Å². The van der Waals surface area contributed by atoms with E-state index in [1.807, 2.05) is 52.8 Å². The molecule has 1 heterocycles. The molecule has 0 fully saturated rings. The van der Waals surface area contributed by atoms with Crippen molar-refractivity contribution in [3.05, 3.63) is 115 Å². The Balaban J connectivity index is 1.67. The zero-order valence-corrected chi connectivity index (χ0v) is 25.8. The van der Waals surface area contributed by atoms with E-state index in [0.717, 1.165) is 33.6 Å². The van der Waals surface area contributed by atoms with Gasteiger partial charge in [-0.2, -0.15) is 5.26 Å². The first-order valence-corrected chi connectivity index (χ1v) is 14.5. The van der Waals surface area contributed by atoms with Gasteiger partial charge in [-0.15, -0.1) is 0 Å². The van der Waals surface area contributed by atoms with Crippen LogP contribution in [0.3, 0.4) is 0 Å². The van der Waals surface area contributed by atoms with E-state index >= 15 is 0 Å². The Labute approximate surface area is 256 Å². The largest absolute Gasteiger partial charge is 0.489 e. The number of allylic oxidation sites excluding steroid dienone is 3. The fourth-order valence-corrected chi connectivity index (χ4v) is 6.48. The van der Waals surface area contributed by atoms with E-state index in [2.05, 4.69) is 12.1 Å². The lowest BCUT2D eigenvalue weighted by molar-refractivity contribution is -0.118. The van der Waals surface area contributed by atoms with Gasteiger partial charge in [0.1, 0.15) is 24.0 Å². The number of hydrogen-bond donors (Lipinski definition) is 1. The van der Waals surface area contributed by atoms with E-state index in [9.17, 15) is 14.4 Å². The number of nitriles is 1. The predicted octanol–water partition coefficient (Wildman–Crippen LogP) is 8.58. The van der Waals surface area contributed by atoms with E-state index in [1.54, 1.807) is 17.0 Å². The van der Waals surface area contributed by atoms with Crippen LogP contribution in [-0.2, 0) is 11.4 Å². The van der Waals surface area contributed by atoms with Crippen molar-refractivity contribution in [2.24, 2.45) is 11.1 Å². The number of nitrogens with zero attached hydrogens (tertiary/aromatic N) is 2. The number of rotatable bonds is 5. The number of nitrogens with two attached hydrogens (primary N) is 1. The van der Waals surface area contributed by atoms with Crippen LogP contribution in [0.25, 0.3) is 0 Å². The standard InChI is InChI=1S/C34H32Cl2FN3O2/c1-18-10-21(17-42-30-9-6-22(35)12-19(30)2)20(3)24(11-18)31-25(16-38)33(39)40(23-7-8-27(37)26(36)13-23)28-14-34(4,5)15-29(41)32(28)31/h6-13,31H,14-15,17,39H2,1-5H3. The highest BCUT2D eigenvalue weighted by atomic mass is 35.5. The minimum Gasteiger partial charge on any atom is -0.489 e. The summed E-state index contributed by atoms with van der Waals surface area (Å²) in [4.78, 5) is 15.7. The number of carbonyl (C=O) groups is 1. The van der Waals surface area contributed by atoms with Crippen LogP contribution in [0.2, 0.25) is 10.0 Å². The third-order valence-corrected chi connectivity index (χ3v) is 8.60. The van der Waals surface area contributed by atoms with Crippen molar-refractivity contribution in [3.8, 4) is 11.8 Å². The summed E-state index contributed by atoms with van der Waals surface area (Å²) in [6.45, 7) is 10.3. The Morgan fingerprint density at radius 1 is 1.10 bits per heavy atom. The molecule has 0 saturated heterocycles. The Hall–Kier alpha value is -3.79. The van der Waals surface area contributed by atoms with Gasteiger partial charge in [0.05, 0.1) is 22.6 Å². The monoisotopic (exact) mass is 603 g/mol. The molecule has 3 aromatic carbocycles. The summed E-state index contributed by atoms with van der Waals surface area (Å²) in [5.41, 5.74) is 13.0. The molecule has 0 aromatic heterocycles. The highest BCUT2D eigenvalue weighted by Gasteiger charge is 2.45. The maximum Gasteiger partial charge on any atom is 0.162 e. The number of benzene rings is 3. The zero-order chi connectivity index (χ0) is 30.5. The SMILES string of the molecule is Cc1cc(COc2ccc(Cl)cc2C)c(C)c(C2C(C#N)=C(N)N(c3ccc(F)c(Cl)c3)C3=C2C(=O)CC(C)(C)C3)c1. The van der Waals surface area contributed by atoms with Gasteiger partial charge in [-0.1, -0.05) is 54.7 Å². The summed E-state index contributed by atoms with van der Waals surface area (Å²) in [6, 6.07) is 16.2. The summed E-state index contributed by atoms with van der Waals surface area (Å²) in [5.74, 6) is -0.335. The van der Waals surface area contributed by atoms with Crippen molar-refractivity contribution >= 4 is 34.7 Å². The molecule has 0 saturated carbocycles. The molecule has 3 aromatic rings. The third kappa shape index (κ3) is 5.40. The van der Waals surface area contributed by atoms with Gasteiger partial charge in [0.2, 0.25) is 0 Å². The van der Waals surface area contributed by atoms with Crippen molar-refractivity contribution in [1.82, 2.24) is 0 Å². The van der Waals surface area contributed by atoms with Crippen LogP contribution in [-0.4, -0.2) is 5.78 Å². The minimum atomic E-state index is -0.656. The molecule has 5 rings (SSSR count). The number of ether oxygens (including phenoxy) is 1. The van der Waals surface area contributed by atoms with Gasteiger partial charge in [-0.25, -0.2) is 4.39 Å². The second-order valence-corrected chi connectivity index (χ2v) is 12.8. The van der Waals surface area contributed by atoms with Crippen LogP contribution in [0, 0.1) is 43.3 Å². The van der Waals surface area contributed by atoms with Gasteiger partial charge >= 0.3 is 0 Å². The van der Waals surface area contributed by atoms with Crippen molar-refractivity contribution in [2.45, 2.75) is 60.0 Å². The van der Waals surface area contributed by atoms with Crippen molar-refractivity contribution < 1.29 is 13.9 Å². The van der Waals surface area contributed by atoms with Gasteiger partial charge in [-0.05, 0) is 91.3 Å². The average molecular weight is 605 g/mol. The van der Waals surface area contributed by atoms with Gasteiger partial charge in [0.25, 0.3) is 0 Å². The maximum atomic E-state index is 14.1. The topological polar surface area (TPSA) is 79.3 Å². The summed E-state index contributed by atoms with van der Waals surface area (Å²) >= 11 is 12.3. The Bertz CT molecular complexity index is 1740. The molecule has 0 bridgehead atoms. The average Bonchev–Trinajstić information content (AvgIpc) is 2.90. The first-order valence-electron chi connectivity index (χ1n) is 13.7. The number of aryl methyl sites for hydroxylation is 2. The highest BCUT2D eigenvalue weighted by molar-refractivity contribution is 6.31. The lowest BCUT2D eigenvalue weighted by Gasteiger charge is -2.44. The summed E-state index contributed by atoms with van der Waals surface area (Å²) in [5, 5.41) is 11.1. The first kappa shape index (κ1) is 29.7. The molecule has 0 radical (unpaired) electrons. The smallest absolute Gasteiger partial charge is 0.162 e. The minimum absolute atomic E-state index is 0.0415. The van der Waals surface area contributed by atoms with Crippen molar-refractivity contribution in [3.63, 3.8) is 0 Å². The highest BCUT2D eigenvalue weighted by Crippen LogP contribution is 2.51. The van der Waals surface area contributed by atoms with E-state index < -0.39 is 11.7 Å². The zero-order valence-electron chi connectivity index (χ0n) is 24.2. The molecule has 1 aliphatic heterocycles. The molecule has 1 unspecified atom stereocenters. The van der Waals surface area contributed by atoms with E-state index in [0.29, 0.717) is 41.4 Å². The fourth-order valence-electron chi connectivity index (χ4n) is 6.08. The quantitative estimate of drug-likeness (QED) is 0.316. The molecule has 42 heavy (non-hydrogen) atoms. The Morgan fingerprint density at radius 3 is 2.50 bits per heavy atom. The van der Waals surface area contributed by atoms with Crippen LogP contribution in [0.5, 0.6) is 5.75 Å². The molecule has 1 aliphatic carbocycles. The lowest BCUT2D eigenvalue weighted by Crippen LogP contribution is -2.42. The molecular weight excluding hydrogens is 572 g/mol. The third-order valence-electron chi connectivity index (χ3n) is 8.07. The van der Waals surface area contributed by atoms with Crippen LogP contribution in [0.1, 0.15) is 60.4 Å². The number of halogens is 3. The van der Waals surface area contributed by atoms with Gasteiger partial charge < -0.3 is 10.5 Å². The molecule has 0 amide bonds. The lowest BCUT2D eigenvalue weighted by atomic mass is 9.68. The van der Waals surface area contributed by atoms with Crippen molar-refractivity contribution in [1.29, 1.82) is 5.26 Å². The molecule has 2 aliphatic rings. The van der Waals surface area contributed by atoms with Crippen LogP contribution in [0.15, 0.2) is 71.2 Å². The number of Topliss-reactive ketones (excluding diaryl/α,β-unsaturated/α-hetero) is 1. The molecule has 5 nitrogen and oxygen atoms in total. The maximum absolute atomic E-state index is 14.1. The molecular formula is C34H32Cl2FN3O2. The number of ketones is 1. The van der Waals surface area contributed by atoms with Crippen molar-refractivity contribution in [2.75, 3.05) is 4.90 Å².